The quantitative estimate of drug-likeness (QED) is 0.519. The van der Waals surface area contributed by atoms with Crippen LogP contribution in [0.1, 0.15) is 33.6 Å². The van der Waals surface area contributed by atoms with Gasteiger partial charge in [0.25, 0.3) is 0 Å². The van der Waals surface area contributed by atoms with Gasteiger partial charge in [0.1, 0.15) is 6.61 Å². The second-order valence-corrected chi connectivity index (χ2v) is 4.75. The Kier molecular flexibility index (Phi) is 13.3. The highest BCUT2D eigenvalue weighted by molar-refractivity contribution is 5.77. The Morgan fingerprint density at radius 2 is 1.68 bits per heavy atom. The van der Waals surface area contributed by atoms with Gasteiger partial charge in [-0.2, -0.15) is 0 Å². The van der Waals surface area contributed by atoms with Crippen LogP contribution in [0.15, 0.2) is 0 Å². The number of carbonyl (C=O) groups excluding carboxylic acids is 1. The van der Waals surface area contributed by atoms with E-state index in [0.29, 0.717) is 39.0 Å². The molecule has 5 nitrogen and oxygen atoms in total. The van der Waals surface area contributed by atoms with Crippen molar-refractivity contribution in [2.24, 2.45) is 5.92 Å². The van der Waals surface area contributed by atoms with Gasteiger partial charge < -0.3 is 19.5 Å². The molecule has 0 spiro atoms. The van der Waals surface area contributed by atoms with E-state index in [-0.39, 0.29) is 12.5 Å². The van der Waals surface area contributed by atoms with Gasteiger partial charge in [0.15, 0.2) is 0 Å². The first-order chi connectivity index (χ1) is 9.16. The van der Waals surface area contributed by atoms with E-state index in [2.05, 4.69) is 19.2 Å². The van der Waals surface area contributed by atoms with Gasteiger partial charge >= 0.3 is 0 Å². The van der Waals surface area contributed by atoms with E-state index in [0.717, 1.165) is 19.4 Å². The van der Waals surface area contributed by atoms with Gasteiger partial charge in [-0.3, -0.25) is 4.79 Å². The standard InChI is InChI=1S/C14H29NO4/c1-4-17-8-9-18-10-11-19-12-14(16)15-7-5-6-13(2)3/h13H,4-12H2,1-3H3,(H,15,16). The minimum absolute atomic E-state index is 0.0573. The predicted octanol–water partition coefficient (Wildman–Crippen LogP) is 1.61. The second kappa shape index (κ2) is 13.8. The SMILES string of the molecule is CCOCCOCCOCC(=O)NCCCC(C)C. The molecule has 0 unspecified atom stereocenters. The van der Waals surface area contributed by atoms with E-state index in [1.165, 1.54) is 0 Å². The summed E-state index contributed by atoms with van der Waals surface area (Å²) in [4.78, 5) is 11.4. The fraction of sp³-hybridized carbons (Fsp3) is 0.929. The molecule has 0 heterocycles. The van der Waals surface area contributed by atoms with Gasteiger partial charge in [0, 0.05) is 13.2 Å². The lowest BCUT2D eigenvalue weighted by atomic mass is 10.1. The molecule has 114 valence electrons. The summed E-state index contributed by atoms with van der Waals surface area (Å²) < 4.78 is 15.6. The number of carbonyl (C=O) groups is 1. The lowest BCUT2D eigenvalue weighted by Crippen LogP contribution is -2.29. The van der Waals surface area contributed by atoms with Gasteiger partial charge in [-0.1, -0.05) is 13.8 Å². The highest BCUT2D eigenvalue weighted by Crippen LogP contribution is 2.01. The Morgan fingerprint density at radius 3 is 2.32 bits per heavy atom. The molecule has 0 aromatic carbocycles. The fourth-order valence-corrected chi connectivity index (χ4v) is 1.44. The van der Waals surface area contributed by atoms with Crippen molar-refractivity contribution >= 4 is 5.91 Å². The van der Waals surface area contributed by atoms with Gasteiger partial charge in [0.2, 0.25) is 5.91 Å². The minimum atomic E-state index is -0.0573. The number of nitrogens with one attached hydrogen (secondary N) is 1. The molecule has 0 aromatic heterocycles. The lowest BCUT2D eigenvalue weighted by Gasteiger charge is -2.08. The molecule has 0 saturated heterocycles. The first kappa shape index (κ1) is 18.4. The third-order valence-electron chi connectivity index (χ3n) is 2.46. The molecule has 0 aliphatic rings. The van der Waals surface area contributed by atoms with Crippen molar-refractivity contribution in [1.29, 1.82) is 0 Å². The van der Waals surface area contributed by atoms with Gasteiger partial charge in [0.05, 0.1) is 26.4 Å². The number of hydrogen-bond acceptors (Lipinski definition) is 4. The van der Waals surface area contributed by atoms with Gasteiger partial charge in [-0.15, -0.1) is 0 Å². The molecule has 0 saturated carbocycles. The van der Waals surface area contributed by atoms with E-state index < -0.39 is 0 Å². The summed E-state index contributed by atoms with van der Waals surface area (Å²) in [6.07, 6.45) is 2.15. The predicted molar refractivity (Wildman–Crippen MR) is 75.2 cm³/mol. The van der Waals surface area contributed by atoms with Crippen LogP contribution in [-0.2, 0) is 19.0 Å². The number of rotatable bonds is 13. The average molecular weight is 275 g/mol. The minimum Gasteiger partial charge on any atom is -0.379 e. The summed E-state index contributed by atoms with van der Waals surface area (Å²) >= 11 is 0. The molecular weight excluding hydrogens is 246 g/mol. The molecule has 0 bridgehead atoms. The van der Waals surface area contributed by atoms with Crippen LogP contribution in [0.3, 0.4) is 0 Å². The smallest absolute Gasteiger partial charge is 0.245 e. The zero-order valence-electron chi connectivity index (χ0n) is 12.6. The summed E-state index contributed by atoms with van der Waals surface area (Å²) in [5.41, 5.74) is 0. The Bertz CT molecular complexity index is 210. The Hall–Kier alpha value is -0.650. The van der Waals surface area contributed by atoms with Crippen molar-refractivity contribution in [2.45, 2.75) is 33.6 Å². The van der Waals surface area contributed by atoms with Crippen molar-refractivity contribution in [1.82, 2.24) is 5.32 Å². The van der Waals surface area contributed by atoms with Crippen LogP contribution in [0.25, 0.3) is 0 Å². The van der Waals surface area contributed by atoms with Crippen LogP contribution < -0.4 is 5.32 Å². The van der Waals surface area contributed by atoms with E-state index in [9.17, 15) is 4.79 Å². The summed E-state index contributed by atoms with van der Waals surface area (Å²) in [6.45, 7) is 9.94. The van der Waals surface area contributed by atoms with Crippen LogP contribution >= 0.6 is 0 Å². The monoisotopic (exact) mass is 275 g/mol. The molecule has 19 heavy (non-hydrogen) atoms. The molecule has 5 heteroatoms. The van der Waals surface area contributed by atoms with Crippen LogP contribution in [0.2, 0.25) is 0 Å². The maximum atomic E-state index is 11.4. The van der Waals surface area contributed by atoms with Crippen molar-refractivity contribution in [3.63, 3.8) is 0 Å². The number of ether oxygens (including phenoxy) is 3. The Morgan fingerprint density at radius 1 is 1.05 bits per heavy atom. The molecule has 0 aliphatic carbocycles. The first-order valence-electron chi connectivity index (χ1n) is 7.16. The highest BCUT2D eigenvalue weighted by Gasteiger charge is 2.01. The molecule has 0 rings (SSSR count). The third-order valence-corrected chi connectivity index (χ3v) is 2.46. The maximum absolute atomic E-state index is 11.4. The van der Waals surface area contributed by atoms with Crippen molar-refractivity contribution in [3.05, 3.63) is 0 Å². The first-order valence-corrected chi connectivity index (χ1v) is 7.16. The Balaban J connectivity index is 3.16. The van der Waals surface area contributed by atoms with Crippen LogP contribution in [0.4, 0.5) is 0 Å². The molecule has 0 atom stereocenters. The summed E-state index contributed by atoms with van der Waals surface area (Å²) in [7, 11) is 0. The highest BCUT2D eigenvalue weighted by atomic mass is 16.5. The van der Waals surface area contributed by atoms with E-state index in [1.807, 2.05) is 6.92 Å². The van der Waals surface area contributed by atoms with Crippen LogP contribution in [-0.4, -0.2) is 52.1 Å². The number of hydrogen-bond donors (Lipinski definition) is 1. The zero-order valence-corrected chi connectivity index (χ0v) is 12.6. The molecule has 0 fully saturated rings. The molecule has 0 aromatic rings. The van der Waals surface area contributed by atoms with Gasteiger partial charge in [-0.05, 0) is 25.7 Å². The van der Waals surface area contributed by atoms with E-state index in [1.54, 1.807) is 0 Å². The summed E-state index contributed by atoms with van der Waals surface area (Å²) in [5.74, 6) is 0.625. The number of amides is 1. The fourth-order valence-electron chi connectivity index (χ4n) is 1.44. The largest absolute Gasteiger partial charge is 0.379 e. The summed E-state index contributed by atoms with van der Waals surface area (Å²) in [6, 6.07) is 0. The van der Waals surface area contributed by atoms with E-state index in [4.69, 9.17) is 14.2 Å². The topological polar surface area (TPSA) is 56.8 Å². The third kappa shape index (κ3) is 15.3. The maximum Gasteiger partial charge on any atom is 0.245 e. The van der Waals surface area contributed by atoms with Crippen molar-refractivity contribution in [3.8, 4) is 0 Å². The van der Waals surface area contributed by atoms with Gasteiger partial charge in [-0.25, -0.2) is 0 Å². The van der Waals surface area contributed by atoms with Crippen LogP contribution in [0, 0.1) is 5.92 Å². The molecule has 0 radical (unpaired) electrons. The molecule has 1 amide bonds. The van der Waals surface area contributed by atoms with Crippen molar-refractivity contribution in [2.75, 3.05) is 46.2 Å². The zero-order chi connectivity index (χ0) is 14.3. The lowest BCUT2D eigenvalue weighted by molar-refractivity contribution is -0.126. The Labute approximate surface area is 117 Å². The molecular formula is C14H29NO4. The van der Waals surface area contributed by atoms with Crippen molar-refractivity contribution < 1.29 is 19.0 Å². The molecule has 0 aliphatic heterocycles. The summed E-state index contributed by atoms with van der Waals surface area (Å²) in [5, 5.41) is 2.83. The normalized spacial score (nSPS) is 10.9. The molecule has 1 N–H and O–H groups in total. The second-order valence-electron chi connectivity index (χ2n) is 4.75. The average Bonchev–Trinajstić information content (AvgIpc) is 2.37. The van der Waals surface area contributed by atoms with Crippen LogP contribution in [0.5, 0.6) is 0 Å². The van der Waals surface area contributed by atoms with E-state index >= 15 is 0 Å².